The van der Waals surface area contributed by atoms with Gasteiger partial charge in [-0.3, -0.25) is 4.79 Å². The topological polar surface area (TPSA) is 101 Å². The van der Waals surface area contributed by atoms with Gasteiger partial charge in [-0.1, -0.05) is 26.0 Å². The Hall–Kier alpha value is -1.15. The molecular weight excluding hydrogens is 326 g/mol. The van der Waals surface area contributed by atoms with E-state index in [0.717, 1.165) is 5.56 Å². The van der Waals surface area contributed by atoms with Gasteiger partial charge in [-0.15, -0.1) is 12.4 Å². The van der Waals surface area contributed by atoms with Gasteiger partial charge >= 0.3 is 0 Å². The number of halogens is 1. The Morgan fingerprint density at radius 3 is 2.18 bits per heavy atom. The number of amides is 1. The van der Waals surface area contributed by atoms with Crippen molar-refractivity contribution in [1.82, 2.24) is 10.0 Å². The van der Waals surface area contributed by atoms with Crippen LogP contribution in [0.1, 0.15) is 26.3 Å². The van der Waals surface area contributed by atoms with Crippen LogP contribution in [0.25, 0.3) is 0 Å². The van der Waals surface area contributed by atoms with Gasteiger partial charge in [0, 0.05) is 13.1 Å². The van der Waals surface area contributed by atoms with Crippen LogP contribution >= 0.6 is 12.4 Å². The Morgan fingerprint density at radius 1 is 1.18 bits per heavy atom. The first kappa shape index (κ1) is 20.9. The number of rotatable bonds is 7. The number of hydrogen-bond donors (Lipinski definition) is 3. The van der Waals surface area contributed by atoms with E-state index in [9.17, 15) is 13.2 Å². The molecule has 1 aromatic carbocycles. The van der Waals surface area contributed by atoms with E-state index in [1.54, 1.807) is 19.1 Å². The highest BCUT2D eigenvalue weighted by atomic mass is 35.5. The largest absolute Gasteiger partial charge is 0.351 e. The quantitative estimate of drug-likeness (QED) is 0.683. The summed E-state index contributed by atoms with van der Waals surface area (Å²) in [5.74, 6) is -0.00203. The molecule has 126 valence electrons. The lowest BCUT2D eigenvalue weighted by Gasteiger charge is -2.10. The Balaban J connectivity index is 0.00000441. The molecule has 0 bridgehead atoms. The molecule has 0 aromatic heterocycles. The fourth-order valence-corrected chi connectivity index (χ4v) is 2.71. The number of sulfonamides is 1. The number of nitrogens with two attached hydrogens (primary N) is 1. The molecule has 1 rings (SSSR count). The predicted molar refractivity (Wildman–Crippen MR) is 89.2 cm³/mol. The summed E-state index contributed by atoms with van der Waals surface area (Å²) in [5, 5.41) is 2.67. The van der Waals surface area contributed by atoms with Crippen LogP contribution in [0.4, 0.5) is 0 Å². The molecule has 0 unspecified atom stereocenters. The molecule has 0 radical (unpaired) electrons. The second kappa shape index (κ2) is 9.09. The number of benzene rings is 1. The van der Waals surface area contributed by atoms with E-state index in [-0.39, 0.29) is 29.1 Å². The molecule has 0 saturated heterocycles. The van der Waals surface area contributed by atoms with Gasteiger partial charge in [-0.05, 0) is 30.5 Å². The summed E-state index contributed by atoms with van der Waals surface area (Å²) in [6.45, 7) is 6.19. The number of hydrogen-bond acceptors (Lipinski definition) is 4. The van der Waals surface area contributed by atoms with Crippen LogP contribution in [0.15, 0.2) is 29.2 Å². The second-order valence-corrected chi connectivity index (χ2v) is 7.16. The van der Waals surface area contributed by atoms with E-state index in [2.05, 4.69) is 10.0 Å². The molecule has 0 saturated carbocycles. The van der Waals surface area contributed by atoms with Gasteiger partial charge in [0.15, 0.2) is 0 Å². The van der Waals surface area contributed by atoms with Gasteiger partial charge in [0.1, 0.15) is 0 Å². The average molecular weight is 350 g/mol. The Kier molecular flexibility index (Phi) is 8.62. The minimum absolute atomic E-state index is 0. The average Bonchev–Trinajstić information content (AvgIpc) is 2.43. The van der Waals surface area contributed by atoms with Crippen molar-refractivity contribution >= 4 is 28.3 Å². The van der Waals surface area contributed by atoms with E-state index in [1.165, 1.54) is 12.1 Å². The third-order valence-corrected chi connectivity index (χ3v) is 4.24. The zero-order valence-electron chi connectivity index (χ0n) is 13.0. The molecule has 0 fully saturated rings. The van der Waals surface area contributed by atoms with E-state index in [4.69, 9.17) is 5.73 Å². The molecule has 0 aliphatic heterocycles. The lowest BCUT2D eigenvalue weighted by molar-refractivity contribution is -0.122. The predicted octanol–water partition coefficient (Wildman–Crippen LogP) is 1.01. The Morgan fingerprint density at radius 2 is 1.73 bits per heavy atom. The highest BCUT2D eigenvalue weighted by molar-refractivity contribution is 7.89. The summed E-state index contributed by atoms with van der Waals surface area (Å²) in [4.78, 5) is 11.6. The van der Waals surface area contributed by atoms with Crippen molar-refractivity contribution in [3.63, 3.8) is 0 Å². The van der Waals surface area contributed by atoms with Gasteiger partial charge in [-0.2, -0.15) is 0 Å². The van der Waals surface area contributed by atoms with Crippen molar-refractivity contribution in [1.29, 1.82) is 0 Å². The van der Waals surface area contributed by atoms with Crippen LogP contribution in [0.5, 0.6) is 0 Å². The van der Waals surface area contributed by atoms with Crippen LogP contribution in [-0.2, 0) is 21.4 Å². The first-order valence-corrected chi connectivity index (χ1v) is 8.32. The molecule has 1 amide bonds. The van der Waals surface area contributed by atoms with Gasteiger partial charge in [0.25, 0.3) is 0 Å². The summed E-state index contributed by atoms with van der Waals surface area (Å²) in [6.07, 6.45) is 0. The maximum atomic E-state index is 12.0. The maximum absolute atomic E-state index is 12.0. The van der Waals surface area contributed by atoms with Gasteiger partial charge in [0.05, 0.1) is 10.9 Å². The van der Waals surface area contributed by atoms with E-state index < -0.39 is 16.1 Å². The standard InChI is InChI=1S/C14H23N3O3S.ClH/c1-10(2)8-17-21(19,20)13-6-4-12(5-7-13)9-16-14(18)11(3)15;/h4-7,10-11,17H,8-9,15H2,1-3H3,(H,16,18);1H/t11-;/m1./s1. The summed E-state index contributed by atoms with van der Waals surface area (Å²) in [5.41, 5.74) is 6.25. The van der Waals surface area contributed by atoms with Gasteiger partial charge < -0.3 is 11.1 Å². The Bertz CT molecular complexity index is 572. The molecule has 8 heteroatoms. The smallest absolute Gasteiger partial charge is 0.240 e. The van der Waals surface area contributed by atoms with Crippen molar-refractivity contribution in [2.45, 2.75) is 38.3 Å². The minimum atomic E-state index is -3.47. The van der Waals surface area contributed by atoms with Crippen LogP contribution < -0.4 is 15.8 Å². The molecule has 0 aliphatic carbocycles. The van der Waals surface area contributed by atoms with E-state index in [0.29, 0.717) is 13.1 Å². The molecule has 0 heterocycles. The Labute approximate surface area is 138 Å². The van der Waals surface area contributed by atoms with Crippen LogP contribution in [0, 0.1) is 5.92 Å². The first-order valence-electron chi connectivity index (χ1n) is 6.84. The molecular formula is C14H24ClN3O3S. The molecule has 1 atom stereocenters. The van der Waals surface area contributed by atoms with Crippen LogP contribution in [0.2, 0.25) is 0 Å². The van der Waals surface area contributed by atoms with Gasteiger partial charge in [-0.25, -0.2) is 13.1 Å². The van der Waals surface area contributed by atoms with E-state index >= 15 is 0 Å². The lowest BCUT2D eigenvalue weighted by Crippen LogP contribution is -2.37. The third-order valence-electron chi connectivity index (χ3n) is 2.80. The van der Waals surface area contributed by atoms with Crippen molar-refractivity contribution in [3.8, 4) is 0 Å². The van der Waals surface area contributed by atoms with Crippen molar-refractivity contribution in [3.05, 3.63) is 29.8 Å². The normalized spacial score (nSPS) is 12.6. The fourth-order valence-electron chi connectivity index (χ4n) is 1.50. The zero-order chi connectivity index (χ0) is 16.0. The SMILES string of the molecule is CC(C)CNS(=O)(=O)c1ccc(CNC(=O)[C@@H](C)N)cc1.Cl. The molecule has 22 heavy (non-hydrogen) atoms. The monoisotopic (exact) mass is 349 g/mol. The molecule has 0 aliphatic rings. The molecule has 6 nitrogen and oxygen atoms in total. The van der Waals surface area contributed by atoms with E-state index in [1.807, 2.05) is 13.8 Å². The maximum Gasteiger partial charge on any atom is 0.240 e. The molecule has 1 aromatic rings. The third kappa shape index (κ3) is 6.74. The van der Waals surface area contributed by atoms with Crippen LogP contribution in [0.3, 0.4) is 0 Å². The summed E-state index contributed by atoms with van der Waals surface area (Å²) in [6, 6.07) is 5.83. The zero-order valence-corrected chi connectivity index (χ0v) is 14.6. The summed E-state index contributed by atoms with van der Waals surface area (Å²) < 4.78 is 26.6. The van der Waals surface area contributed by atoms with Gasteiger partial charge in [0.2, 0.25) is 15.9 Å². The number of nitrogens with one attached hydrogen (secondary N) is 2. The summed E-state index contributed by atoms with van der Waals surface area (Å²) >= 11 is 0. The van der Waals surface area contributed by atoms with Crippen molar-refractivity contribution < 1.29 is 13.2 Å². The van der Waals surface area contributed by atoms with Crippen molar-refractivity contribution in [2.75, 3.05) is 6.54 Å². The van der Waals surface area contributed by atoms with Crippen LogP contribution in [-0.4, -0.2) is 26.9 Å². The first-order chi connectivity index (χ1) is 9.72. The second-order valence-electron chi connectivity index (χ2n) is 5.40. The molecule has 0 spiro atoms. The molecule has 4 N–H and O–H groups in total. The minimum Gasteiger partial charge on any atom is -0.351 e. The fraction of sp³-hybridized carbons (Fsp3) is 0.500. The number of carbonyl (C=O) groups excluding carboxylic acids is 1. The highest BCUT2D eigenvalue weighted by Gasteiger charge is 2.14. The number of carbonyl (C=O) groups is 1. The summed E-state index contributed by atoms with van der Waals surface area (Å²) in [7, 11) is -3.47. The van der Waals surface area contributed by atoms with Crippen molar-refractivity contribution in [2.24, 2.45) is 11.7 Å². The lowest BCUT2D eigenvalue weighted by atomic mass is 10.2. The highest BCUT2D eigenvalue weighted by Crippen LogP contribution is 2.11.